The molecular weight excluding hydrogens is 311 g/mol. The quantitative estimate of drug-likeness (QED) is 0.580. The molecule has 0 aromatic heterocycles. The minimum absolute atomic E-state index is 0.287. The maximum Gasteiger partial charge on any atom is 0.280 e. The highest BCUT2D eigenvalue weighted by Crippen LogP contribution is 2.58. The molecule has 0 heterocycles. The predicted molar refractivity (Wildman–Crippen MR) is 86.6 cm³/mol. The van der Waals surface area contributed by atoms with Gasteiger partial charge in [0, 0.05) is 24.1 Å². The van der Waals surface area contributed by atoms with Crippen molar-refractivity contribution in [3.8, 4) is 0 Å². The Morgan fingerprint density at radius 3 is 2.19 bits per heavy atom. The van der Waals surface area contributed by atoms with Crippen LogP contribution in [0.25, 0.3) is 5.57 Å². The van der Waals surface area contributed by atoms with Crippen LogP contribution in [0, 0.1) is 0 Å². The molecule has 0 aliphatic heterocycles. The molecule has 1 rings (SSSR count). The third-order valence-corrected chi connectivity index (χ3v) is 5.49. The Morgan fingerprint density at radius 1 is 1.29 bits per heavy atom. The van der Waals surface area contributed by atoms with Gasteiger partial charge in [0.2, 0.25) is 5.53 Å². The Hall–Kier alpha value is -0.640. The van der Waals surface area contributed by atoms with Gasteiger partial charge in [-0.1, -0.05) is 23.7 Å². The Kier molecular flexibility index (Phi) is 6.64. The zero-order chi connectivity index (χ0) is 16.1. The first-order valence-corrected chi connectivity index (χ1v) is 8.92. The molecule has 0 fully saturated rings. The monoisotopic (exact) mass is 332 g/mol. The van der Waals surface area contributed by atoms with Crippen LogP contribution >= 0.6 is 19.0 Å². The van der Waals surface area contributed by atoms with Crippen molar-refractivity contribution in [2.24, 2.45) is 0 Å². The number of ether oxygens (including phenoxy) is 2. The predicted octanol–water partition coefficient (Wildman–Crippen LogP) is 4.72. The molecule has 0 amide bonds. The average molecular weight is 333 g/mol. The van der Waals surface area contributed by atoms with E-state index in [1.54, 1.807) is 45.0 Å². The summed E-state index contributed by atoms with van der Waals surface area (Å²) in [6, 6.07) is 7.07. The number of rotatable bonds is 7. The Balaban J connectivity index is 3.13. The molecule has 0 spiro atoms. The molecule has 1 aromatic rings. The Bertz CT molecular complexity index is 533. The molecule has 0 aliphatic carbocycles. The molecule has 1 aromatic carbocycles. The van der Waals surface area contributed by atoms with E-state index >= 15 is 0 Å². The summed E-state index contributed by atoms with van der Waals surface area (Å²) in [6.07, 6.45) is 0. The van der Waals surface area contributed by atoms with Crippen molar-refractivity contribution in [2.45, 2.75) is 33.2 Å². The van der Waals surface area contributed by atoms with Crippen LogP contribution in [0.1, 0.15) is 33.3 Å². The third-order valence-electron chi connectivity index (χ3n) is 3.07. The maximum absolute atomic E-state index is 12.7. The Morgan fingerprint density at radius 2 is 1.76 bits per heavy atom. The van der Waals surface area contributed by atoms with Gasteiger partial charge in [-0.3, -0.25) is 4.57 Å². The highest BCUT2D eigenvalue weighted by atomic mass is 35.5. The van der Waals surface area contributed by atoms with Gasteiger partial charge in [0.25, 0.3) is 7.37 Å². The lowest BCUT2D eigenvalue weighted by Crippen LogP contribution is -2.32. The summed E-state index contributed by atoms with van der Waals surface area (Å²) in [4.78, 5) is 10.4. The molecule has 1 atom stereocenters. The molecular formula is C15H22ClO4P. The molecule has 6 heteroatoms. The number of allylic oxidation sites excluding steroid dienone is 1. The summed E-state index contributed by atoms with van der Waals surface area (Å²) in [5.74, 6) is 1.32. The van der Waals surface area contributed by atoms with E-state index < -0.39 is 12.9 Å². The lowest BCUT2D eigenvalue weighted by Gasteiger charge is -2.31. The van der Waals surface area contributed by atoms with Gasteiger partial charge in [-0.2, -0.15) is 0 Å². The van der Waals surface area contributed by atoms with E-state index in [1.165, 1.54) is 12.7 Å². The van der Waals surface area contributed by atoms with Gasteiger partial charge >= 0.3 is 0 Å². The molecule has 0 bridgehead atoms. The fraction of sp³-hybridized carbons (Fsp3) is 0.467. The fourth-order valence-corrected chi connectivity index (χ4v) is 3.59. The molecule has 0 radical (unpaired) electrons. The molecule has 0 saturated heterocycles. The van der Waals surface area contributed by atoms with Crippen LogP contribution in [0.3, 0.4) is 0 Å². The molecule has 1 unspecified atom stereocenters. The van der Waals surface area contributed by atoms with Crippen LogP contribution in [0.5, 0.6) is 0 Å². The standard InChI is InChI=1S/C15H22ClO4P/c1-5-19-15(4,20-6-2)21(17,18)11-12(3)13-7-9-14(16)10-8-13/h7-11H,5-6H2,1-4H3,(H,17,18). The minimum Gasteiger partial charge on any atom is -0.342 e. The SMILES string of the molecule is CCOC(C)(OCC)P(=O)(O)C=C(C)c1ccc(Cl)cc1. The summed E-state index contributed by atoms with van der Waals surface area (Å²) in [6.45, 7) is 7.35. The van der Waals surface area contributed by atoms with Crippen molar-refractivity contribution in [3.63, 3.8) is 0 Å². The molecule has 21 heavy (non-hydrogen) atoms. The van der Waals surface area contributed by atoms with Gasteiger partial charge in [0.15, 0.2) is 0 Å². The normalized spacial score (nSPS) is 15.8. The van der Waals surface area contributed by atoms with Gasteiger partial charge in [-0.05, 0) is 51.0 Å². The first-order chi connectivity index (χ1) is 9.75. The van der Waals surface area contributed by atoms with Crippen LogP contribution < -0.4 is 0 Å². The Labute approximate surface area is 131 Å². The number of halogens is 1. The van der Waals surface area contributed by atoms with Crippen LogP contribution in [-0.2, 0) is 14.0 Å². The number of hydrogen-bond donors (Lipinski definition) is 1. The molecule has 0 saturated carbocycles. The van der Waals surface area contributed by atoms with E-state index in [0.717, 1.165) is 5.56 Å². The van der Waals surface area contributed by atoms with E-state index in [1.807, 2.05) is 0 Å². The van der Waals surface area contributed by atoms with Crippen molar-refractivity contribution in [2.75, 3.05) is 13.2 Å². The van der Waals surface area contributed by atoms with Gasteiger partial charge in [-0.15, -0.1) is 0 Å². The van der Waals surface area contributed by atoms with Gasteiger partial charge < -0.3 is 14.4 Å². The van der Waals surface area contributed by atoms with Crippen LogP contribution in [0.4, 0.5) is 0 Å². The first kappa shape index (κ1) is 18.4. The minimum atomic E-state index is -3.82. The second kappa shape index (κ2) is 7.57. The first-order valence-electron chi connectivity index (χ1n) is 6.81. The highest BCUT2D eigenvalue weighted by molar-refractivity contribution is 7.62. The van der Waals surface area contributed by atoms with Crippen molar-refractivity contribution in [1.29, 1.82) is 0 Å². The lowest BCUT2D eigenvalue weighted by atomic mass is 10.1. The van der Waals surface area contributed by atoms with Crippen LogP contribution in [0.2, 0.25) is 5.02 Å². The van der Waals surface area contributed by atoms with Crippen molar-refractivity contribution in [3.05, 3.63) is 40.7 Å². The molecule has 1 N–H and O–H groups in total. The maximum atomic E-state index is 12.7. The number of hydrogen-bond acceptors (Lipinski definition) is 3. The zero-order valence-corrected chi connectivity index (χ0v) is 14.4. The van der Waals surface area contributed by atoms with E-state index in [-0.39, 0.29) is 13.2 Å². The van der Waals surface area contributed by atoms with Crippen LogP contribution in [-0.4, -0.2) is 23.6 Å². The largest absolute Gasteiger partial charge is 0.342 e. The van der Waals surface area contributed by atoms with E-state index in [0.29, 0.717) is 10.6 Å². The van der Waals surface area contributed by atoms with Crippen molar-refractivity contribution in [1.82, 2.24) is 0 Å². The van der Waals surface area contributed by atoms with E-state index in [9.17, 15) is 9.46 Å². The summed E-state index contributed by atoms with van der Waals surface area (Å²) < 4.78 is 23.4. The second-order valence-electron chi connectivity index (χ2n) is 4.71. The summed E-state index contributed by atoms with van der Waals surface area (Å²) in [7, 11) is -3.82. The summed E-state index contributed by atoms with van der Waals surface area (Å²) >= 11 is 5.84. The van der Waals surface area contributed by atoms with Crippen molar-refractivity contribution >= 4 is 24.5 Å². The lowest BCUT2D eigenvalue weighted by molar-refractivity contribution is -0.165. The highest BCUT2D eigenvalue weighted by Gasteiger charge is 2.44. The van der Waals surface area contributed by atoms with Gasteiger partial charge in [0.05, 0.1) is 0 Å². The summed E-state index contributed by atoms with van der Waals surface area (Å²) in [5, 5.41) is 0.618. The van der Waals surface area contributed by atoms with Gasteiger partial charge in [0.1, 0.15) is 0 Å². The molecule has 0 aliphatic rings. The number of benzene rings is 1. The van der Waals surface area contributed by atoms with Crippen molar-refractivity contribution < 1.29 is 18.9 Å². The zero-order valence-electron chi connectivity index (χ0n) is 12.8. The smallest absolute Gasteiger partial charge is 0.280 e. The average Bonchev–Trinajstić information content (AvgIpc) is 2.39. The van der Waals surface area contributed by atoms with Crippen LogP contribution in [0.15, 0.2) is 30.1 Å². The fourth-order valence-electron chi connectivity index (χ4n) is 1.93. The summed E-state index contributed by atoms with van der Waals surface area (Å²) in [5.41, 5.74) is -0.0448. The topological polar surface area (TPSA) is 55.8 Å². The third kappa shape index (κ3) is 4.67. The van der Waals surface area contributed by atoms with E-state index in [2.05, 4.69) is 0 Å². The second-order valence-corrected chi connectivity index (χ2v) is 7.46. The van der Waals surface area contributed by atoms with E-state index in [4.69, 9.17) is 21.1 Å². The molecule has 4 nitrogen and oxygen atoms in total. The molecule has 118 valence electrons. The van der Waals surface area contributed by atoms with Gasteiger partial charge in [-0.25, -0.2) is 0 Å².